The highest BCUT2D eigenvalue weighted by Crippen LogP contribution is 2.27. The minimum Gasteiger partial charge on any atom is -0.337 e. The van der Waals surface area contributed by atoms with E-state index in [9.17, 15) is 4.39 Å². The van der Waals surface area contributed by atoms with Crippen molar-refractivity contribution in [3.63, 3.8) is 0 Å². The van der Waals surface area contributed by atoms with Crippen LogP contribution in [-0.2, 0) is 0 Å². The van der Waals surface area contributed by atoms with Gasteiger partial charge in [-0.25, -0.2) is 4.39 Å². The molecule has 0 amide bonds. The van der Waals surface area contributed by atoms with E-state index in [0.717, 1.165) is 0 Å². The smallest absolute Gasteiger partial charge is 0.243 e. The molecule has 0 aliphatic heterocycles. The summed E-state index contributed by atoms with van der Waals surface area (Å²) in [5.74, 6) is 0.287. The van der Waals surface area contributed by atoms with Crippen molar-refractivity contribution in [3.05, 3.63) is 34.4 Å². The van der Waals surface area contributed by atoms with Gasteiger partial charge in [0.15, 0.2) is 0 Å². The third-order valence-corrected chi connectivity index (χ3v) is 2.69. The Bertz CT molecular complexity index is 513. The number of rotatable bonds is 2. The van der Waals surface area contributed by atoms with Crippen LogP contribution in [0.25, 0.3) is 11.4 Å². The maximum atomic E-state index is 13.1. The normalized spacial score (nSPS) is 12.8. The van der Waals surface area contributed by atoms with Gasteiger partial charge in [-0.15, -0.1) is 0 Å². The zero-order valence-corrected chi connectivity index (χ0v) is 10.0. The number of hydrogen-bond acceptors (Lipinski definition) is 4. The van der Waals surface area contributed by atoms with E-state index in [1.54, 1.807) is 13.0 Å². The van der Waals surface area contributed by atoms with E-state index >= 15 is 0 Å². The molecule has 0 fully saturated rings. The van der Waals surface area contributed by atoms with Gasteiger partial charge in [0, 0.05) is 10.0 Å². The largest absolute Gasteiger partial charge is 0.337 e. The van der Waals surface area contributed by atoms with Gasteiger partial charge in [0.25, 0.3) is 0 Å². The topological polar surface area (TPSA) is 64.9 Å². The number of hydrogen-bond donors (Lipinski definition) is 1. The van der Waals surface area contributed by atoms with Crippen LogP contribution >= 0.6 is 15.9 Å². The van der Waals surface area contributed by atoms with Crippen molar-refractivity contribution in [1.82, 2.24) is 10.1 Å². The fraction of sp³-hybridized carbons (Fsp3) is 0.200. The lowest BCUT2D eigenvalue weighted by atomic mass is 10.2. The van der Waals surface area contributed by atoms with E-state index in [4.69, 9.17) is 10.3 Å². The molecule has 0 spiro atoms. The Morgan fingerprint density at radius 3 is 2.88 bits per heavy atom. The number of benzene rings is 1. The Morgan fingerprint density at radius 1 is 1.50 bits per heavy atom. The zero-order chi connectivity index (χ0) is 11.7. The van der Waals surface area contributed by atoms with Gasteiger partial charge in [-0.2, -0.15) is 4.98 Å². The van der Waals surface area contributed by atoms with Crippen LogP contribution < -0.4 is 5.73 Å². The molecule has 2 aromatic rings. The third-order valence-electron chi connectivity index (χ3n) is 2.00. The van der Waals surface area contributed by atoms with Gasteiger partial charge in [-0.3, -0.25) is 0 Å². The Kier molecular flexibility index (Phi) is 3.02. The lowest BCUT2D eigenvalue weighted by Crippen LogP contribution is -2.04. The highest BCUT2D eigenvalue weighted by molar-refractivity contribution is 9.10. The van der Waals surface area contributed by atoms with Gasteiger partial charge in [-0.05, 0) is 25.1 Å². The summed E-state index contributed by atoms with van der Waals surface area (Å²) in [5, 5.41) is 3.75. The summed E-state index contributed by atoms with van der Waals surface area (Å²) in [6.45, 7) is 1.73. The predicted molar refractivity (Wildman–Crippen MR) is 60.0 cm³/mol. The summed E-state index contributed by atoms with van der Waals surface area (Å²) >= 11 is 3.29. The van der Waals surface area contributed by atoms with Crippen LogP contribution in [0.2, 0.25) is 0 Å². The molecule has 84 valence electrons. The maximum Gasteiger partial charge on any atom is 0.243 e. The minimum atomic E-state index is -0.356. The molecule has 1 atom stereocenters. The van der Waals surface area contributed by atoms with Crippen molar-refractivity contribution in [1.29, 1.82) is 0 Å². The molecule has 16 heavy (non-hydrogen) atoms. The summed E-state index contributed by atoms with van der Waals surface area (Å²) in [4.78, 5) is 4.08. The summed E-state index contributed by atoms with van der Waals surface area (Å²) in [6, 6.07) is 3.93. The van der Waals surface area contributed by atoms with Crippen LogP contribution in [0.3, 0.4) is 0 Å². The van der Waals surface area contributed by atoms with Crippen LogP contribution in [0.5, 0.6) is 0 Å². The van der Waals surface area contributed by atoms with E-state index in [-0.39, 0.29) is 11.9 Å². The van der Waals surface area contributed by atoms with Crippen molar-refractivity contribution >= 4 is 15.9 Å². The molecule has 0 bridgehead atoms. The molecule has 0 saturated carbocycles. The minimum absolute atomic E-state index is 0.318. The Morgan fingerprint density at radius 2 is 2.25 bits per heavy atom. The van der Waals surface area contributed by atoms with E-state index < -0.39 is 0 Å². The zero-order valence-electron chi connectivity index (χ0n) is 8.45. The molecule has 1 aromatic carbocycles. The summed E-state index contributed by atoms with van der Waals surface area (Å²) in [6.07, 6.45) is 0. The highest BCUT2D eigenvalue weighted by atomic mass is 79.9. The van der Waals surface area contributed by atoms with E-state index in [1.807, 2.05) is 0 Å². The molecule has 2 N–H and O–H groups in total. The SMILES string of the molecule is C[C@@H](N)c1nc(-c2cc(F)ccc2Br)no1. The summed E-state index contributed by atoms with van der Waals surface area (Å²) in [7, 11) is 0. The third kappa shape index (κ3) is 2.12. The molecule has 1 aromatic heterocycles. The van der Waals surface area contributed by atoms with Crippen LogP contribution in [-0.4, -0.2) is 10.1 Å². The average Bonchev–Trinajstić information content (AvgIpc) is 2.70. The monoisotopic (exact) mass is 285 g/mol. The molecule has 0 saturated heterocycles. The van der Waals surface area contributed by atoms with Gasteiger partial charge in [0.2, 0.25) is 11.7 Å². The molecule has 0 radical (unpaired) electrons. The average molecular weight is 286 g/mol. The van der Waals surface area contributed by atoms with E-state index in [0.29, 0.717) is 21.8 Å². The Balaban J connectivity index is 2.46. The van der Waals surface area contributed by atoms with Crippen molar-refractivity contribution in [2.45, 2.75) is 13.0 Å². The first-order valence-corrected chi connectivity index (χ1v) is 5.42. The lowest BCUT2D eigenvalue weighted by Gasteiger charge is -1.98. The first-order valence-electron chi connectivity index (χ1n) is 4.62. The molecule has 1 heterocycles. The second-order valence-electron chi connectivity index (χ2n) is 3.37. The summed E-state index contributed by atoms with van der Waals surface area (Å²) < 4.78 is 18.7. The second-order valence-corrected chi connectivity index (χ2v) is 4.22. The van der Waals surface area contributed by atoms with Crippen molar-refractivity contribution < 1.29 is 8.91 Å². The van der Waals surface area contributed by atoms with Gasteiger partial charge < -0.3 is 10.3 Å². The van der Waals surface area contributed by atoms with Crippen LogP contribution in [0.1, 0.15) is 18.9 Å². The van der Waals surface area contributed by atoms with E-state index in [1.165, 1.54) is 12.1 Å². The van der Waals surface area contributed by atoms with Gasteiger partial charge in [0.05, 0.1) is 6.04 Å². The van der Waals surface area contributed by atoms with E-state index in [2.05, 4.69) is 26.1 Å². The predicted octanol–water partition coefficient (Wildman–Crippen LogP) is 2.66. The van der Waals surface area contributed by atoms with Crippen molar-refractivity contribution in [2.75, 3.05) is 0 Å². The van der Waals surface area contributed by atoms with Crippen LogP contribution in [0.15, 0.2) is 27.2 Å². The van der Waals surface area contributed by atoms with Gasteiger partial charge in [-0.1, -0.05) is 21.1 Å². The standard InChI is InChI=1S/C10H9BrFN3O/c1-5(13)10-14-9(15-16-10)7-4-6(12)2-3-8(7)11/h2-5H,13H2,1H3/t5-/m1/s1. The molecular weight excluding hydrogens is 277 g/mol. The quantitative estimate of drug-likeness (QED) is 0.921. The fourth-order valence-electron chi connectivity index (χ4n) is 1.20. The van der Waals surface area contributed by atoms with Crippen molar-refractivity contribution in [3.8, 4) is 11.4 Å². The Hall–Kier alpha value is -1.27. The molecular formula is C10H9BrFN3O. The van der Waals surface area contributed by atoms with Crippen molar-refractivity contribution in [2.24, 2.45) is 5.73 Å². The summed E-state index contributed by atoms with van der Waals surface area (Å²) in [5.41, 5.74) is 6.13. The number of halogens is 2. The maximum absolute atomic E-state index is 13.1. The molecule has 4 nitrogen and oxygen atoms in total. The van der Waals surface area contributed by atoms with Crippen LogP contribution in [0.4, 0.5) is 4.39 Å². The molecule has 2 rings (SSSR count). The molecule has 0 aliphatic carbocycles. The molecule has 0 unspecified atom stereocenters. The van der Waals surface area contributed by atoms with Gasteiger partial charge in [0.1, 0.15) is 5.82 Å². The highest BCUT2D eigenvalue weighted by Gasteiger charge is 2.14. The molecule has 0 aliphatic rings. The fourth-order valence-corrected chi connectivity index (χ4v) is 1.62. The number of nitrogens with two attached hydrogens (primary N) is 1. The van der Waals surface area contributed by atoms with Gasteiger partial charge >= 0.3 is 0 Å². The second kappa shape index (κ2) is 4.31. The first-order chi connectivity index (χ1) is 7.58. The lowest BCUT2D eigenvalue weighted by molar-refractivity contribution is 0.362. The Labute approximate surface area is 99.8 Å². The number of aromatic nitrogens is 2. The first kappa shape index (κ1) is 11.2. The molecule has 6 heteroatoms. The number of nitrogens with zero attached hydrogens (tertiary/aromatic N) is 2. The van der Waals surface area contributed by atoms with Crippen LogP contribution in [0, 0.1) is 5.82 Å².